The van der Waals surface area contributed by atoms with E-state index < -0.39 is 0 Å². The molecule has 1 aliphatic heterocycles. The van der Waals surface area contributed by atoms with Crippen LogP contribution in [-0.4, -0.2) is 40.2 Å². The van der Waals surface area contributed by atoms with E-state index in [0.29, 0.717) is 24.1 Å². The molecule has 134 valence electrons. The van der Waals surface area contributed by atoms with E-state index in [2.05, 4.69) is 19.9 Å². The van der Waals surface area contributed by atoms with Gasteiger partial charge in [-0.2, -0.15) is 0 Å². The second-order valence-corrected chi connectivity index (χ2v) is 7.28. The number of fused-ring (bicyclic) bond motifs is 1. The van der Waals surface area contributed by atoms with Crippen LogP contribution < -0.4 is 5.32 Å². The van der Waals surface area contributed by atoms with Crippen molar-refractivity contribution in [2.24, 2.45) is 5.92 Å². The third-order valence-electron chi connectivity index (χ3n) is 5.49. The van der Waals surface area contributed by atoms with E-state index in [1.165, 1.54) is 25.7 Å². The van der Waals surface area contributed by atoms with Crippen LogP contribution >= 0.6 is 0 Å². The Morgan fingerprint density at radius 2 is 2.16 bits per heavy atom. The highest BCUT2D eigenvalue weighted by Gasteiger charge is 2.20. The van der Waals surface area contributed by atoms with Gasteiger partial charge in [0.05, 0.1) is 11.9 Å². The number of nitrogens with zero attached hydrogens (tertiary/aromatic N) is 3. The number of hydrogen-bond acceptors (Lipinski definition) is 4. The maximum absolute atomic E-state index is 12.3. The van der Waals surface area contributed by atoms with Gasteiger partial charge in [-0.25, -0.2) is 9.97 Å². The molecule has 25 heavy (non-hydrogen) atoms. The number of carbonyl (C=O) groups excluding carboxylic acids is 1. The predicted octanol–water partition coefficient (Wildman–Crippen LogP) is 3.09. The lowest BCUT2D eigenvalue weighted by Gasteiger charge is -2.11. The lowest BCUT2D eigenvalue weighted by atomic mass is 10.0. The zero-order chi connectivity index (χ0) is 17.1. The van der Waals surface area contributed by atoms with Crippen LogP contribution in [0, 0.1) is 5.92 Å². The van der Waals surface area contributed by atoms with E-state index in [1.807, 2.05) is 12.4 Å². The molecule has 0 bridgehead atoms. The summed E-state index contributed by atoms with van der Waals surface area (Å²) in [6.45, 7) is 2.46. The van der Waals surface area contributed by atoms with Gasteiger partial charge in [0.2, 0.25) is 0 Å². The van der Waals surface area contributed by atoms with Crippen LogP contribution in [0.4, 0.5) is 0 Å². The first-order valence-corrected chi connectivity index (χ1v) is 9.50. The standard InChI is InChI=1S/C19H26N4O2/c24-19(20-8-3-4-14-7-9-25-12-14)15-10-17-18(21-11-15)23(13-22-17)16-5-1-2-6-16/h10-11,13-14,16H,1-9,12H2,(H,20,24). The van der Waals surface area contributed by atoms with Crippen molar-refractivity contribution < 1.29 is 9.53 Å². The van der Waals surface area contributed by atoms with Crippen molar-refractivity contribution in [3.8, 4) is 0 Å². The molecule has 3 heterocycles. The van der Waals surface area contributed by atoms with Gasteiger partial charge in [-0.3, -0.25) is 4.79 Å². The Kier molecular flexibility index (Phi) is 4.97. The number of nitrogens with one attached hydrogen (secondary N) is 1. The van der Waals surface area contributed by atoms with Gasteiger partial charge < -0.3 is 14.6 Å². The molecule has 0 radical (unpaired) electrons. The fraction of sp³-hybridized carbons (Fsp3) is 0.632. The van der Waals surface area contributed by atoms with Gasteiger partial charge in [0.15, 0.2) is 5.65 Å². The van der Waals surface area contributed by atoms with E-state index in [-0.39, 0.29) is 5.91 Å². The minimum atomic E-state index is -0.0625. The Balaban J connectivity index is 1.35. The summed E-state index contributed by atoms with van der Waals surface area (Å²) in [6.07, 6.45) is 11.8. The topological polar surface area (TPSA) is 69.0 Å². The molecule has 2 aromatic heterocycles. The molecule has 0 aromatic carbocycles. The van der Waals surface area contributed by atoms with Crippen molar-refractivity contribution in [1.82, 2.24) is 19.9 Å². The maximum atomic E-state index is 12.3. The predicted molar refractivity (Wildman–Crippen MR) is 95.5 cm³/mol. The van der Waals surface area contributed by atoms with E-state index in [1.54, 1.807) is 6.20 Å². The number of amides is 1. The molecular weight excluding hydrogens is 316 g/mol. The van der Waals surface area contributed by atoms with Gasteiger partial charge in [0.25, 0.3) is 5.91 Å². The van der Waals surface area contributed by atoms with Crippen molar-refractivity contribution in [3.05, 3.63) is 24.2 Å². The Hall–Kier alpha value is -1.95. The van der Waals surface area contributed by atoms with Gasteiger partial charge in [0.1, 0.15) is 5.52 Å². The summed E-state index contributed by atoms with van der Waals surface area (Å²) >= 11 is 0. The number of aromatic nitrogens is 3. The van der Waals surface area contributed by atoms with E-state index in [0.717, 1.165) is 43.6 Å². The van der Waals surface area contributed by atoms with Crippen LogP contribution in [0.5, 0.6) is 0 Å². The second kappa shape index (κ2) is 7.52. The highest BCUT2D eigenvalue weighted by Crippen LogP contribution is 2.31. The second-order valence-electron chi connectivity index (χ2n) is 7.28. The molecule has 2 fully saturated rings. The zero-order valence-electron chi connectivity index (χ0n) is 14.6. The van der Waals surface area contributed by atoms with Crippen molar-refractivity contribution in [2.45, 2.75) is 51.0 Å². The molecule has 4 rings (SSSR count). The molecule has 1 atom stereocenters. The van der Waals surface area contributed by atoms with Gasteiger partial charge in [-0.05, 0) is 44.1 Å². The molecule has 1 saturated carbocycles. The van der Waals surface area contributed by atoms with Gasteiger partial charge >= 0.3 is 0 Å². The largest absolute Gasteiger partial charge is 0.381 e. The lowest BCUT2D eigenvalue weighted by molar-refractivity contribution is 0.0952. The van der Waals surface area contributed by atoms with Gasteiger partial charge in [-0.15, -0.1) is 0 Å². The number of rotatable bonds is 6. The zero-order valence-corrected chi connectivity index (χ0v) is 14.6. The van der Waals surface area contributed by atoms with Crippen LogP contribution in [0.2, 0.25) is 0 Å². The third-order valence-corrected chi connectivity index (χ3v) is 5.49. The quantitative estimate of drug-likeness (QED) is 0.819. The fourth-order valence-corrected chi connectivity index (χ4v) is 4.00. The average molecular weight is 342 g/mol. The highest BCUT2D eigenvalue weighted by molar-refractivity contribution is 5.96. The SMILES string of the molecule is O=C(NCCCC1CCOC1)c1cnc2c(c1)ncn2C1CCCC1. The van der Waals surface area contributed by atoms with Crippen LogP contribution in [-0.2, 0) is 4.74 Å². The van der Waals surface area contributed by atoms with Gasteiger partial charge in [-0.1, -0.05) is 12.8 Å². The summed E-state index contributed by atoms with van der Waals surface area (Å²) in [5.41, 5.74) is 2.29. The molecule has 6 heteroatoms. The number of pyridine rings is 1. The molecule has 1 saturated heterocycles. The Labute approximate surface area is 148 Å². The number of imidazole rings is 1. The minimum Gasteiger partial charge on any atom is -0.381 e. The molecule has 2 aromatic rings. The van der Waals surface area contributed by atoms with E-state index >= 15 is 0 Å². The summed E-state index contributed by atoms with van der Waals surface area (Å²) in [7, 11) is 0. The summed E-state index contributed by atoms with van der Waals surface area (Å²) < 4.78 is 7.55. The lowest BCUT2D eigenvalue weighted by Crippen LogP contribution is -2.25. The smallest absolute Gasteiger partial charge is 0.252 e. The molecule has 6 nitrogen and oxygen atoms in total. The van der Waals surface area contributed by atoms with Crippen molar-refractivity contribution in [3.63, 3.8) is 0 Å². The Bertz CT molecular complexity index is 730. The van der Waals surface area contributed by atoms with Crippen LogP contribution in [0.1, 0.15) is 61.3 Å². The summed E-state index contributed by atoms with van der Waals surface area (Å²) in [5.74, 6) is 0.599. The summed E-state index contributed by atoms with van der Waals surface area (Å²) in [6, 6.07) is 2.37. The van der Waals surface area contributed by atoms with Crippen LogP contribution in [0.3, 0.4) is 0 Å². The molecule has 1 amide bonds. The molecule has 1 aliphatic carbocycles. The van der Waals surface area contributed by atoms with Crippen molar-refractivity contribution in [1.29, 1.82) is 0 Å². The van der Waals surface area contributed by atoms with E-state index in [9.17, 15) is 4.79 Å². The van der Waals surface area contributed by atoms with E-state index in [4.69, 9.17) is 4.74 Å². The first-order chi connectivity index (χ1) is 12.3. The molecule has 1 unspecified atom stereocenters. The van der Waals surface area contributed by atoms with Crippen molar-refractivity contribution in [2.75, 3.05) is 19.8 Å². The number of ether oxygens (including phenoxy) is 1. The van der Waals surface area contributed by atoms with Gasteiger partial charge in [0, 0.05) is 32.0 Å². The highest BCUT2D eigenvalue weighted by atomic mass is 16.5. The van der Waals surface area contributed by atoms with Crippen LogP contribution in [0.25, 0.3) is 11.2 Å². The molecular formula is C19H26N4O2. The average Bonchev–Trinajstić information content (AvgIpc) is 3.38. The Morgan fingerprint density at radius 1 is 1.28 bits per heavy atom. The Morgan fingerprint density at radius 3 is 2.96 bits per heavy atom. The molecule has 2 aliphatic rings. The third kappa shape index (κ3) is 3.68. The maximum Gasteiger partial charge on any atom is 0.252 e. The first-order valence-electron chi connectivity index (χ1n) is 9.50. The molecule has 1 N–H and O–H groups in total. The number of carbonyl (C=O) groups is 1. The summed E-state index contributed by atoms with van der Waals surface area (Å²) in [5, 5.41) is 3.00. The number of hydrogen-bond donors (Lipinski definition) is 1. The summed E-state index contributed by atoms with van der Waals surface area (Å²) in [4.78, 5) is 21.3. The molecule has 0 spiro atoms. The first kappa shape index (κ1) is 16.5. The normalized spacial score (nSPS) is 21.2. The van der Waals surface area contributed by atoms with Crippen molar-refractivity contribution >= 4 is 17.1 Å². The van der Waals surface area contributed by atoms with Crippen LogP contribution in [0.15, 0.2) is 18.6 Å². The monoisotopic (exact) mass is 342 g/mol. The minimum absolute atomic E-state index is 0.0625. The fourth-order valence-electron chi connectivity index (χ4n) is 4.00.